The zero-order valence-corrected chi connectivity index (χ0v) is 19.0. The van der Waals surface area contributed by atoms with Gasteiger partial charge in [-0.05, 0) is 57.0 Å². The van der Waals surface area contributed by atoms with Crippen LogP contribution in [-0.4, -0.2) is 52.1 Å². The van der Waals surface area contributed by atoms with Gasteiger partial charge in [-0.15, -0.1) is 0 Å². The SMILES string of the molecule is CC(C)NC(=O)C(C)N(Cc1ccc(F)cc1)C(=O)CCCN1C(=O)c2ccccc2C1=O. The van der Waals surface area contributed by atoms with Crippen molar-refractivity contribution in [2.75, 3.05) is 6.54 Å². The molecule has 1 unspecified atom stereocenters. The van der Waals surface area contributed by atoms with E-state index >= 15 is 0 Å². The Morgan fingerprint density at radius 1 is 0.970 bits per heavy atom. The summed E-state index contributed by atoms with van der Waals surface area (Å²) in [7, 11) is 0. The molecule has 4 amide bonds. The summed E-state index contributed by atoms with van der Waals surface area (Å²) in [6.45, 7) is 5.55. The molecular formula is C25H28FN3O4. The van der Waals surface area contributed by atoms with Gasteiger partial charge in [0, 0.05) is 25.6 Å². The molecule has 0 radical (unpaired) electrons. The van der Waals surface area contributed by atoms with Crippen molar-refractivity contribution in [1.29, 1.82) is 0 Å². The van der Waals surface area contributed by atoms with Crippen molar-refractivity contribution in [3.63, 3.8) is 0 Å². The molecule has 0 aliphatic carbocycles. The molecule has 1 aliphatic heterocycles. The van der Waals surface area contributed by atoms with Crippen LogP contribution < -0.4 is 5.32 Å². The van der Waals surface area contributed by atoms with Gasteiger partial charge in [0.1, 0.15) is 11.9 Å². The van der Waals surface area contributed by atoms with Gasteiger partial charge < -0.3 is 10.2 Å². The molecule has 174 valence electrons. The van der Waals surface area contributed by atoms with Crippen LogP contribution in [0.15, 0.2) is 48.5 Å². The van der Waals surface area contributed by atoms with Crippen molar-refractivity contribution in [3.05, 3.63) is 71.0 Å². The van der Waals surface area contributed by atoms with E-state index in [1.807, 2.05) is 13.8 Å². The Morgan fingerprint density at radius 2 is 1.55 bits per heavy atom. The van der Waals surface area contributed by atoms with E-state index in [9.17, 15) is 23.6 Å². The van der Waals surface area contributed by atoms with Crippen molar-refractivity contribution in [2.24, 2.45) is 0 Å². The normalized spacial score (nSPS) is 13.8. The molecule has 0 aromatic heterocycles. The Balaban J connectivity index is 1.66. The van der Waals surface area contributed by atoms with Crippen molar-refractivity contribution in [1.82, 2.24) is 15.1 Å². The summed E-state index contributed by atoms with van der Waals surface area (Å²) in [5.74, 6) is -1.70. The standard InChI is InChI=1S/C25H28FN3O4/c1-16(2)27-23(31)17(3)29(15-18-10-12-19(26)13-11-18)22(30)9-6-14-28-24(32)20-7-4-5-8-21(20)25(28)33/h4-5,7-8,10-13,16-17H,6,9,14-15H2,1-3H3,(H,27,31). The van der Waals surface area contributed by atoms with Gasteiger partial charge in [0.2, 0.25) is 11.8 Å². The summed E-state index contributed by atoms with van der Waals surface area (Å²) in [6, 6.07) is 11.5. The lowest BCUT2D eigenvalue weighted by Crippen LogP contribution is -2.49. The maximum atomic E-state index is 13.3. The third-order valence-electron chi connectivity index (χ3n) is 5.51. The highest BCUT2D eigenvalue weighted by Gasteiger charge is 2.35. The summed E-state index contributed by atoms with van der Waals surface area (Å²) in [4.78, 5) is 53.3. The Kier molecular flexibility index (Phi) is 7.58. The third kappa shape index (κ3) is 5.63. The summed E-state index contributed by atoms with van der Waals surface area (Å²) in [6.07, 6.45) is 0.316. The van der Waals surface area contributed by atoms with Crippen LogP contribution in [0.5, 0.6) is 0 Å². The molecule has 0 saturated carbocycles. The van der Waals surface area contributed by atoms with Crippen LogP contribution in [0.3, 0.4) is 0 Å². The molecule has 0 bridgehead atoms. The number of imide groups is 1. The number of benzene rings is 2. The zero-order valence-electron chi connectivity index (χ0n) is 19.0. The van der Waals surface area contributed by atoms with Gasteiger partial charge in [0.25, 0.3) is 11.8 Å². The number of hydrogen-bond donors (Lipinski definition) is 1. The second-order valence-electron chi connectivity index (χ2n) is 8.40. The molecule has 33 heavy (non-hydrogen) atoms. The van der Waals surface area contributed by atoms with E-state index in [-0.39, 0.29) is 61.4 Å². The Morgan fingerprint density at radius 3 is 2.09 bits per heavy atom. The summed E-state index contributed by atoms with van der Waals surface area (Å²) >= 11 is 0. The molecule has 7 nitrogen and oxygen atoms in total. The first-order chi connectivity index (χ1) is 15.7. The highest BCUT2D eigenvalue weighted by Crippen LogP contribution is 2.23. The van der Waals surface area contributed by atoms with Crippen LogP contribution in [0.25, 0.3) is 0 Å². The number of rotatable bonds is 9. The molecule has 1 atom stereocenters. The number of nitrogens with zero attached hydrogens (tertiary/aromatic N) is 2. The maximum Gasteiger partial charge on any atom is 0.261 e. The van der Waals surface area contributed by atoms with E-state index in [0.717, 1.165) is 4.90 Å². The van der Waals surface area contributed by atoms with E-state index in [1.165, 1.54) is 17.0 Å². The third-order valence-corrected chi connectivity index (χ3v) is 5.51. The lowest BCUT2D eigenvalue weighted by Gasteiger charge is -2.29. The van der Waals surface area contributed by atoms with Crippen LogP contribution in [0.4, 0.5) is 4.39 Å². The first-order valence-electron chi connectivity index (χ1n) is 11.0. The molecule has 3 rings (SSSR count). The Hall–Kier alpha value is -3.55. The van der Waals surface area contributed by atoms with Crippen LogP contribution >= 0.6 is 0 Å². The fourth-order valence-electron chi connectivity index (χ4n) is 3.75. The van der Waals surface area contributed by atoms with Crippen molar-refractivity contribution < 1.29 is 23.6 Å². The van der Waals surface area contributed by atoms with Crippen molar-refractivity contribution in [2.45, 2.75) is 52.2 Å². The fraction of sp³-hybridized carbons (Fsp3) is 0.360. The number of halogens is 1. The van der Waals surface area contributed by atoms with E-state index in [1.54, 1.807) is 43.3 Å². The second kappa shape index (κ2) is 10.4. The Labute approximate surface area is 192 Å². The molecule has 0 fully saturated rings. The van der Waals surface area contributed by atoms with E-state index in [4.69, 9.17) is 0 Å². The van der Waals surface area contributed by atoms with Crippen LogP contribution in [0.2, 0.25) is 0 Å². The predicted octanol–water partition coefficient (Wildman–Crippen LogP) is 3.14. The van der Waals surface area contributed by atoms with Crippen molar-refractivity contribution in [3.8, 4) is 0 Å². The monoisotopic (exact) mass is 453 g/mol. The number of amides is 4. The number of fused-ring (bicyclic) bond motifs is 1. The van der Waals surface area contributed by atoms with Gasteiger partial charge in [-0.25, -0.2) is 4.39 Å². The minimum absolute atomic E-state index is 0.0495. The minimum atomic E-state index is -0.746. The quantitative estimate of drug-likeness (QED) is 0.591. The Bertz CT molecular complexity index is 1020. The predicted molar refractivity (Wildman–Crippen MR) is 121 cm³/mol. The molecular weight excluding hydrogens is 425 g/mol. The van der Waals surface area contributed by atoms with E-state index in [2.05, 4.69) is 5.32 Å². The molecule has 2 aromatic carbocycles. The van der Waals surface area contributed by atoms with Gasteiger partial charge in [-0.2, -0.15) is 0 Å². The molecule has 1 N–H and O–H groups in total. The summed E-state index contributed by atoms with van der Waals surface area (Å²) in [5, 5.41) is 2.80. The molecule has 2 aromatic rings. The zero-order chi connectivity index (χ0) is 24.1. The molecule has 0 saturated heterocycles. The van der Waals surface area contributed by atoms with E-state index in [0.29, 0.717) is 16.7 Å². The number of hydrogen-bond acceptors (Lipinski definition) is 4. The van der Waals surface area contributed by atoms with Crippen molar-refractivity contribution >= 4 is 23.6 Å². The number of carbonyl (C=O) groups excluding carboxylic acids is 4. The van der Waals surface area contributed by atoms with Crippen LogP contribution in [-0.2, 0) is 16.1 Å². The average Bonchev–Trinajstić information content (AvgIpc) is 3.02. The highest BCUT2D eigenvalue weighted by atomic mass is 19.1. The topological polar surface area (TPSA) is 86.8 Å². The average molecular weight is 454 g/mol. The van der Waals surface area contributed by atoms with Gasteiger partial charge in [0.05, 0.1) is 11.1 Å². The lowest BCUT2D eigenvalue weighted by molar-refractivity contribution is -0.140. The molecule has 1 heterocycles. The minimum Gasteiger partial charge on any atom is -0.352 e. The summed E-state index contributed by atoms with van der Waals surface area (Å²) < 4.78 is 13.3. The van der Waals surface area contributed by atoms with Gasteiger partial charge in [-0.1, -0.05) is 24.3 Å². The maximum absolute atomic E-state index is 13.3. The first kappa shape index (κ1) is 24.1. The number of nitrogens with one attached hydrogen (secondary N) is 1. The van der Waals surface area contributed by atoms with Crippen LogP contribution in [0.1, 0.15) is 59.9 Å². The summed E-state index contributed by atoms with van der Waals surface area (Å²) in [5.41, 5.74) is 1.42. The molecule has 1 aliphatic rings. The van der Waals surface area contributed by atoms with Crippen LogP contribution in [0, 0.1) is 5.82 Å². The molecule has 0 spiro atoms. The van der Waals surface area contributed by atoms with Gasteiger partial charge in [-0.3, -0.25) is 24.1 Å². The lowest BCUT2D eigenvalue weighted by atomic mass is 10.1. The highest BCUT2D eigenvalue weighted by molar-refractivity contribution is 6.21. The first-order valence-corrected chi connectivity index (χ1v) is 11.0. The molecule has 8 heteroatoms. The van der Waals surface area contributed by atoms with E-state index < -0.39 is 6.04 Å². The largest absolute Gasteiger partial charge is 0.352 e. The van der Waals surface area contributed by atoms with Gasteiger partial charge in [0.15, 0.2) is 0 Å². The second-order valence-corrected chi connectivity index (χ2v) is 8.40. The smallest absolute Gasteiger partial charge is 0.261 e. The fourth-order valence-corrected chi connectivity index (χ4v) is 3.75. The van der Waals surface area contributed by atoms with Gasteiger partial charge >= 0.3 is 0 Å². The number of carbonyl (C=O) groups is 4.